The van der Waals surface area contributed by atoms with Crippen LogP contribution in [0.15, 0.2) is 24.3 Å². The van der Waals surface area contributed by atoms with Crippen LogP contribution in [0.2, 0.25) is 5.02 Å². The molecule has 0 bridgehead atoms. The Balaban J connectivity index is 2.35. The molecule has 1 atom stereocenters. The molecule has 0 radical (unpaired) electrons. The highest BCUT2D eigenvalue weighted by atomic mass is 127. The highest BCUT2D eigenvalue weighted by molar-refractivity contribution is 14.1. The van der Waals surface area contributed by atoms with E-state index in [1.54, 1.807) is 0 Å². The van der Waals surface area contributed by atoms with Crippen LogP contribution >= 0.6 is 34.2 Å². The fraction of sp³-hybridized carbons (Fsp3) is 0.400. The molecule has 0 aliphatic rings. The Hall–Kier alpha value is -0.630. The first kappa shape index (κ1) is 16.7. The van der Waals surface area contributed by atoms with Gasteiger partial charge in [0.25, 0.3) is 0 Å². The van der Waals surface area contributed by atoms with Gasteiger partial charge in [0, 0.05) is 16.5 Å². The first-order chi connectivity index (χ1) is 10.1. The molecule has 114 valence electrons. The predicted octanol–water partition coefficient (Wildman–Crippen LogP) is 3.47. The SMILES string of the molecule is CCc1nn(CC)c(CC(NN)c2ccccc2I)c1Cl. The average Bonchev–Trinajstić information content (AvgIpc) is 2.81. The maximum Gasteiger partial charge on any atom is 0.0850 e. The van der Waals surface area contributed by atoms with Crippen molar-refractivity contribution in [2.24, 2.45) is 5.84 Å². The van der Waals surface area contributed by atoms with E-state index in [1.165, 1.54) is 9.13 Å². The van der Waals surface area contributed by atoms with Crippen molar-refractivity contribution in [1.29, 1.82) is 0 Å². The van der Waals surface area contributed by atoms with Gasteiger partial charge in [0.2, 0.25) is 0 Å². The molecule has 2 aromatic rings. The summed E-state index contributed by atoms with van der Waals surface area (Å²) >= 11 is 8.81. The van der Waals surface area contributed by atoms with Gasteiger partial charge in [-0.05, 0) is 47.6 Å². The molecule has 0 spiro atoms. The highest BCUT2D eigenvalue weighted by Crippen LogP contribution is 2.28. The lowest BCUT2D eigenvalue weighted by atomic mass is 10.0. The standard InChI is InChI=1S/C15H20ClIN4/c1-3-12-15(16)14(21(4-2)20-12)9-13(19-18)10-7-5-6-8-11(10)17/h5-8,13,19H,3-4,9,18H2,1-2H3. The van der Waals surface area contributed by atoms with Crippen LogP contribution in [-0.2, 0) is 19.4 Å². The van der Waals surface area contributed by atoms with E-state index in [9.17, 15) is 0 Å². The van der Waals surface area contributed by atoms with Crippen molar-refractivity contribution in [3.05, 3.63) is 49.8 Å². The van der Waals surface area contributed by atoms with Crippen LogP contribution in [0.1, 0.15) is 36.8 Å². The van der Waals surface area contributed by atoms with Crippen LogP contribution in [0, 0.1) is 3.57 Å². The zero-order chi connectivity index (χ0) is 15.4. The molecule has 0 aliphatic heterocycles. The molecule has 0 saturated carbocycles. The number of nitrogens with one attached hydrogen (secondary N) is 1. The van der Waals surface area contributed by atoms with Gasteiger partial charge >= 0.3 is 0 Å². The summed E-state index contributed by atoms with van der Waals surface area (Å²) in [7, 11) is 0. The minimum absolute atomic E-state index is 0.0160. The number of aromatic nitrogens is 2. The van der Waals surface area contributed by atoms with Crippen LogP contribution in [0.25, 0.3) is 0 Å². The second-order valence-electron chi connectivity index (χ2n) is 4.82. The Bertz CT molecular complexity index is 612. The Morgan fingerprint density at radius 3 is 2.67 bits per heavy atom. The van der Waals surface area contributed by atoms with E-state index in [4.69, 9.17) is 17.4 Å². The van der Waals surface area contributed by atoms with Crippen molar-refractivity contribution in [2.45, 2.75) is 39.3 Å². The molecule has 21 heavy (non-hydrogen) atoms. The molecule has 1 unspecified atom stereocenters. The second kappa shape index (κ2) is 7.58. The van der Waals surface area contributed by atoms with Gasteiger partial charge in [-0.1, -0.05) is 36.7 Å². The number of benzene rings is 1. The van der Waals surface area contributed by atoms with E-state index >= 15 is 0 Å². The number of hydrogen-bond donors (Lipinski definition) is 2. The molecule has 0 amide bonds. The summed E-state index contributed by atoms with van der Waals surface area (Å²) < 4.78 is 3.16. The molecular formula is C15H20ClIN4. The van der Waals surface area contributed by atoms with Gasteiger partial charge in [-0.15, -0.1) is 0 Å². The van der Waals surface area contributed by atoms with Crippen molar-refractivity contribution in [3.63, 3.8) is 0 Å². The number of halogens is 2. The number of hydrogen-bond acceptors (Lipinski definition) is 3. The van der Waals surface area contributed by atoms with E-state index in [0.29, 0.717) is 0 Å². The zero-order valence-corrected chi connectivity index (χ0v) is 15.1. The van der Waals surface area contributed by atoms with Crippen LogP contribution in [0.5, 0.6) is 0 Å². The number of rotatable bonds is 6. The van der Waals surface area contributed by atoms with Crippen LogP contribution in [-0.4, -0.2) is 9.78 Å². The third-order valence-electron chi connectivity index (χ3n) is 3.57. The fourth-order valence-corrected chi connectivity index (χ4v) is 3.53. The van der Waals surface area contributed by atoms with E-state index in [1.807, 2.05) is 16.8 Å². The van der Waals surface area contributed by atoms with Gasteiger partial charge in [-0.3, -0.25) is 16.0 Å². The van der Waals surface area contributed by atoms with Crippen LogP contribution in [0.4, 0.5) is 0 Å². The van der Waals surface area contributed by atoms with Gasteiger partial charge in [-0.2, -0.15) is 5.10 Å². The molecule has 1 heterocycles. The van der Waals surface area contributed by atoms with Crippen molar-refractivity contribution < 1.29 is 0 Å². The summed E-state index contributed by atoms with van der Waals surface area (Å²) in [6.45, 7) is 4.94. The Morgan fingerprint density at radius 2 is 2.10 bits per heavy atom. The number of aryl methyl sites for hydroxylation is 2. The highest BCUT2D eigenvalue weighted by Gasteiger charge is 2.20. The van der Waals surface area contributed by atoms with Gasteiger partial charge in [0.05, 0.1) is 22.5 Å². The Morgan fingerprint density at radius 1 is 1.38 bits per heavy atom. The second-order valence-corrected chi connectivity index (χ2v) is 6.36. The number of hydrazine groups is 1. The van der Waals surface area contributed by atoms with Crippen molar-refractivity contribution in [1.82, 2.24) is 15.2 Å². The maximum absolute atomic E-state index is 6.48. The minimum Gasteiger partial charge on any atom is -0.271 e. The van der Waals surface area contributed by atoms with Gasteiger partial charge in [0.15, 0.2) is 0 Å². The lowest BCUT2D eigenvalue weighted by molar-refractivity contribution is 0.515. The van der Waals surface area contributed by atoms with E-state index < -0.39 is 0 Å². The first-order valence-electron chi connectivity index (χ1n) is 7.06. The molecule has 0 fully saturated rings. The fourth-order valence-electron chi connectivity index (χ4n) is 2.42. The minimum atomic E-state index is 0.0160. The molecular weight excluding hydrogens is 399 g/mol. The summed E-state index contributed by atoms with van der Waals surface area (Å²) in [6, 6.07) is 8.24. The molecule has 0 saturated heterocycles. The smallest absolute Gasteiger partial charge is 0.0850 e. The van der Waals surface area contributed by atoms with Crippen molar-refractivity contribution in [3.8, 4) is 0 Å². The largest absolute Gasteiger partial charge is 0.271 e. The Labute approximate surface area is 144 Å². The third-order valence-corrected chi connectivity index (χ3v) is 4.99. The van der Waals surface area contributed by atoms with Gasteiger partial charge in [0.1, 0.15) is 0 Å². The molecule has 4 nitrogen and oxygen atoms in total. The van der Waals surface area contributed by atoms with Gasteiger partial charge in [-0.25, -0.2) is 0 Å². The molecule has 1 aromatic heterocycles. The molecule has 0 aliphatic carbocycles. The summed E-state index contributed by atoms with van der Waals surface area (Å²) in [5, 5.41) is 5.33. The molecule has 1 aromatic carbocycles. The molecule has 3 N–H and O–H groups in total. The molecule has 6 heteroatoms. The van der Waals surface area contributed by atoms with Crippen molar-refractivity contribution >= 4 is 34.2 Å². The number of nitrogens with two attached hydrogens (primary N) is 1. The summed E-state index contributed by atoms with van der Waals surface area (Å²) in [5.41, 5.74) is 6.08. The average molecular weight is 419 g/mol. The topological polar surface area (TPSA) is 55.9 Å². The number of nitrogens with zero attached hydrogens (tertiary/aromatic N) is 2. The summed E-state index contributed by atoms with van der Waals surface area (Å²) in [6.07, 6.45) is 1.55. The van der Waals surface area contributed by atoms with Crippen molar-refractivity contribution in [2.75, 3.05) is 0 Å². The zero-order valence-electron chi connectivity index (χ0n) is 12.2. The summed E-state index contributed by atoms with van der Waals surface area (Å²) in [4.78, 5) is 0. The van der Waals surface area contributed by atoms with Crippen LogP contribution in [0.3, 0.4) is 0 Å². The van der Waals surface area contributed by atoms with Gasteiger partial charge < -0.3 is 0 Å². The van der Waals surface area contributed by atoms with Crippen LogP contribution < -0.4 is 11.3 Å². The van der Waals surface area contributed by atoms with E-state index in [2.05, 4.69) is 59.1 Å². The third kappa shape index (κ3) is 3.59. The quantitative estimate of drug-likeness (QED) is 0.429. The monoisotopic (exact) mass is 418 g/mol. The predicted molar refractivity (Wildman–Crippen MR) is 95.2 cm³/mol. The van der Waals surface area contributed by atoms with E-state index in [0.717, 1.165) is 35.8 Å². The molecule has 2 rings (SSSR count). The normalized spacial score (nSPS) is 12.6. The summed E-state index contributed by atoms with van der Waals surface area (Å²) in [5.74, 6) is 5.78. The lowest BCUT2D eigenvalue weighted by Gasteiger charge is -2.18. The Kier molecular flexibility index (Phi) is 6.04. The lowest BCUT2D eigenvalue weighted by Crippen LogP contribution is -2.30. The first-order valence-corrected chi connectivity index (χ1v) is 8.52. The van der Waals surface area contributed by atoms with E-state index in [-0.39, 0.29) is 6.04 Å². The maximum atomic E-state index is 6.48.